The van der Waals surface area contributed by atoms with Crippen molar-refractivity contribution in [1.29, 1.82) is 0 Å². The van der Waals surface area contributed by atoms with Crippen LogP contribution >= 0.6 is 11.3 Å². The Morgan fingerprint density at radius 3 is 2.44 bits per heavy atom. The molecular weight excluding hydrogens is 580 g/mol. The summed E-state index contributed by atoms with van der Waals surface area (Å²) in [6.45, 7) is 1.09. The van der Waals surface area contributed by atoms with Crippen molar-refractivity contribution in [2.45, 2.75) is 62.4 Å². The van der Waals surface area contributed by atoms with Gasteiger partial charge in [0.25, 0.3) is 0 Å². The number of hydrogen-bond donors (Lipinski definition) is 6. The number of carbonyl (C=O) groups is 3. The summed E-state index contributed by atoms with van der Waals surface area (Å²) >= 11 is 1.37. The fourth-order valence-corrected chi connectivity index (χ4v) is 6.62. The first-order valence-electron chi connectivity index (χ1n) is 13.7. The van der Waals surface area contributed by atoms with Gasteiger partial charge in [-0.3, -0.25) is 14.9 Å². The predicted octanol–water partition coefficient (Wildman–Crippen LogP) is 2.74. The Morgan fingerprint density at radius 1 is 1.14 bits per heavy atom. The van der Waals surface area contributed by atoms with Gasteiger partial charge in [-0.2, -0.15) is 11.3 Å². The minimum Gasteiger partial charge on any atom is -0.507 e. The van der Waals surface area contributed by atoms with Crippen LogP contribution in [0.1, 0.15) is 68.8 Å². The number of thiophene rings is 1. The van der Waals surface area contributed by atoms with Crippen molar-refractivity contribution in [1.82, 2.24) is 0 Å². The summed E-state index contributed by atoms with van der Waals surface area (Å²) in [5.41, 5.74) is 4.12. The normalized spacial score (nSPS) is 28.0. The molecule has 1 saturated heterocycles. The van der Waals surface area contributed by atoms with E-state index in [1.54, 1.807) is 35.9 Å². The van der Waals surface area contributed by atoms with E-state index in [9.17, 15) is 34.8 Å². The molecule has 6 rings (SSSR count). The average molecular weight is 611 g/mol. The molecule has 0 saturated carbocycles. The number of benzene rings is 2. The molecule has 1 amide bonds. The van der Waals surface area contributed by atoms with E-state index in [0.29, 0.717) is 5.69 Å². The van der Waals surface area contributed by atoms with E-state index in [2.05, 4.69) is 5.32 Å². The molecule has 0 bridgehead atoms. The number of aliphatic hydroxyl groups excluding tert-OH is 1. The minimum atomic E-state index is -1.83. The topological polar surface area (TPSA) is 198 Å². The van der Waals surface area contributed by atoms with E-state index in [-0.39, 0.29) is 52.6 Å². The number of phenolic OH excluding ortho intramolecular Hbond substituents is 2. The molecule has 13 heteroatoms. The van der Waals surface area contributed by atoms with Crippen molar-refractivity contribution in [3.8, 4) is 11.5 Å². The van der Waals surface area contributed by atoms with Crippen LogP contribution in [-0.2, 0) is 20.6 Å². The smallest absolute Gasteiger partial charge is 0.411 e. The number of amides is 1. The van der Waals surface area contributed by atoms with Gasteiger partial charge in [-0.1, -0.05) is 24.3 Å². The van der Waals surface area contributed by atoms with Gasteiger partial charge >= 0.3 is 6.09 Å². The highest BCUT2D eigenvalue weighted by molar-refractivity contribution is 7.08. The molecule has 226 valence electrons. The maximum Gasteiger partial charge on any atom is 0.411 e. The van der Waals surface area contributed by atoms with Crippen LogP contribution in [0.4, 0.5) is 10.5 Å². The summed E-state index contributed by atoms with van der Waals surface area (Å²) in [6, 6.07) is 7.07. The van der Waals surface area contributed by atoms with Gasteiger partial charge in [0.2, 0.25) is 0 Å². The van der Waals surface area contributed by atoms with Crippen LogP contribution < -0.4 is 11.1 Å². The van der Waals surface area contributed by atoms with Crippen LogP contribution in [-0.4, -0.2) is 74.8 Å². The molecular formula is C30H30N2O10S. The molecule has 3 aromatic rings. The number of ether oxygens (including phenoxy) is 3. The Kier molecular flexibility index (Phi) is 7.49. The second kappa shape index (κ2) is 11.0. The molecule has 1 aliphatic heterocycles. The first-order chi connectivity index (χ1) is 20.5. The molecule has 6 atom stereocenters. The summed E-state index contributed by atoms with van der Waals surface area (Å²) in [6.07, 6.45) is -5.18. The highest BCUT2D eigenvalue weighted by Crippen LogP contribution is 2.51. The van der Waals surface area contributed by atoms with Gasteiger partial charge in [-0.25, -0.2) is 4.79 Å². The van der Waals surface area contributed by atoms with Crippen molar-refractivity contribution < 1.29 is 49.0 Å². The number of hydrogen-bond acceptors (Lipinski definition) is 12. The number of phenols is 2. The number of fused-ring (bicyclic) bond motifs is 3. The standard InChI is InChI=1S/C30H30N2O10S/c1-13-24(33)18(31)8-20(41-13)42-19-10-30(39,12-40-29(38)32-14-6-7-43-11-14)9-17-21(19)28(37)23-22(27(17)36)25(34)15-4-2-3-5-16(15)26(23)35/h2-7,11,13,18-20,24,33,36-37,39H,8-10,12,31H2,1H3,(H,32,38)/t13-,18-,19-,20-,24-,30-/m0/s1. The number of nitrogens with one attached hydrogen (secondary N) is 1. The second-order valence-electron chi connectivity index (χ2n) is 11.1. The third-order valence-corrected chi connectivity index (χ3v) is 8.84. The second-order valence-corrected chi connectivity index (χ2v) is 11.9. The SMILES string of the molecule is C[C@@H]1O[C@@H](O[C@H]2C[C@](O)(COC(=O)Nc3ccsc3)Cc3c(O)c4c(c(O)c32)C(=O)c2ccccc2C4=O)C[C@H](N)[C@H]1O. The van der Waals surface area contributed by atoms with E-state index in [1.807, 2.05) is 0 Å². The number of carbonyl (C=O) groups excluding carboxylic acids is 3. The number of nitrogens with two attached hydrogens (primary N) is 1. The fraction of sp³-hybridized carbons (Fsp3) is 0.367. The molecule has 7 N–H and O–H groups in total. The van der Waals surface area contributed by atoms with Crippen LogP contribution in [0, 0.1) is 0 Å². The molecule has 0 radical (unpaired) electrons. The van der Waals surface area contributed by atoms with Crippen LogP contribution in [0.3, 0.4) is 0 Å². The van der Waals surface area contributed by atoms with E-state index in [0.717, 1.165) is 0 Å². The Morgan fingerprint density at radius 2 is 1.81 bits per heavy atom. The predicted molar refractivity (Wildman–Crippen MR) is 152 cm³/mol. The van der Waals surface area contributed by atoms with E-state index < -0.39 is 72.0 Å². The van der Waals surface area contributed by atoms with Gasteiger partial charge in [-0.05, 0) is 18.4 Å². The summed E-state index contributed by atoms with van der Waals surface area (Å²) in [5.74, 6) is -2.47. The Labute approximate surface area is 249 Å². The zero-order valence-electron chi connectivity index (χ0n) is 23.0. The number of rotatable bonds is 5. The molecule has 43 heavy (non-hydrogen) atoms. The van der Waals surface area contributed by atoms with Crippen LogP contribution in [0.25, 0.3) is 0 Å². The van der Waals surface area contributed by atoms with E-state index in [4.69, 9.17) is 19.9 Å². The monoisotopic (exact) mass is 610 g/mol. The maximum atomic E-state index is 13.5. The van der Waals surface area contributed by atoms with Crippen molar-refractivity contribution >= 4 is 34.7 Å². The lowest BCUT2D eigenvalue weighted by Crippen LogP contribution is -2.52. The fourth-order valence-electron chi connectivity index (χ4n) is 6.03. The van der Waals surface area contributed by atoms with Crippen LogP contribution in [0.2, 0.25) is 0 Å². The first-order valence-corrected chi connectivity index (χ1v) is 14.6. The highest BCUT2D eigenvalue weighted by Gasteiger charge is 2.48. The molecule has 12 nitrogen and oxygen atoms in total. The number of ketones is 2. The Hall–Kier alpha value is -3.85. The number of aliphatic hydroxyl groups is 2. The maximum absolute atomic E-state index is 13.5. The van der Waals surface area contributed by atoms with Gasteiger partial charge in [0.15, 0.2) is 17.9 Å². The van der Waals surface area contributed by atoms with Crippen LogP contribution in [0.15, 0.2) is 41.1 Å². The molecule has 1 aromatic heterocycles. The highest BCUT2D eigenvalue weighted by atomic mass is 32.1. The van der Waals surface area contributed by atoms with Gasteiger partial charge in [0, 0.05) is 52.9 Å². The quantitative estimate of drug-likeness (QED) is 0.182. The van der Waals surface area contributed by atoms with Crippen molar-refractivity contribution in [2.24, 2.45) is 5.73 Å². The van der Waals surface area contributed by atoms with E-state index in [1.165, 1.54) is 23.5 Å². The van der Waals surface area contributed by atoms with Crippen molar-refractivity contribution in [3.63, 3.8) is 0 Å². The molecule has 3 aliphatic rings. The largest absolute Gasteiger partial charge is 0.507 e. The molecule has 0 unspecified atom stereocenters. The Balaban J connectivity index is 1.39. The Bertz CT molecular complexity index is 1600. The molecule has 2 aromatic carbocycles. The van der Waals surface area contributed by atoms with Gasteiger partial charge in [0.1, 0.15) is 23.7 Å². The number of aromatic hydroxyl groups is 2. The molecule has 1 fully saturated rings. The van der Waals surface area contributed by atoms with Gasteiger partial charge < -0.3 is 40.4 Å². The zero-order chi connectivity index (χ0) is 30.6. The lowest BCUT2D eigenvalue weighted by molar-refractivity contribution is -0.248. The summed E-state index contributed by atoms with van der Waals surface area (Å²) in [5, 5.41) is 51.0. The minimum absolute atomic E-state index is 0.000118. The number of anilines is 1. The van der Waals surface area contributed by atoms with E-state index >= 15 is 0 Å². The zero-order valence-corrected chi connectivity index (χ0v) is 23.8. The van der Waals surface area contributed by atoms with Crippen molar-refractivity contribution in [2.75, 3.05) is 11.9 Å². The summed E-state index contributed by atoms with van der Waals surface area (Å²) < 4.78 is 17.3. The average Bonchev–Trinajstić information content (AvgIpc) is 3.48. The lowest BCUT2D eigenvalue weighted by Gasteiger charge is -2.42. The first kappa shape index (κ1) is 29.2. The lowest BCUT2D eigenvalue weighted by atomic mass is 9.73. The summed E-state index contributed by atoms with van der Waals surface area (Å²) in [4.78, 5) is 39.5. The van der Waals surface area contributed by atoms with Gasteiger partial charge in [0.05, 0.1) is 35.1 Å². The van der Waals surface area contributed by atoms with Crippen molar-refractivity contribution in [3.05, 3.63) is 74.5 Å². The van der Waals surface area contributed by atoms with Gasteiger partial charge in [-0.15, -0.1) is 0 Å². The third kappa shape index (κ3) is 5.18. The summed E-state index contributed by atoms with van der Waals surface area (Å²) in [7, 11) is 0. The third-order valence-electron chi connectivity index (χ3n) is 8.16. The molecule has 2 heterocycles. The van der Waals surface area contributed by atoms with Crippen LogP contribution in [0.5, 0.6) is 11.5 Å². The molecule has 0 spiro atoms. The molecule has 2 aliphatic carbocycles.